The molecule has 3 saturated carbocycles. The number of rotatable bonds is 2. The second kappa shape index (κ2) is 5.05. The smallest absolute Gasteiger partial charge is 0.179 e. The van der Waals surface area contributed by atoms with Crippen molar-refractivity contribution in [2.45, 2.75) is 37.7 Å². The molecule has 4 aliphatic rings. The molecule has 0 radical (unpaired) electrons. The number of hydrogen-bond acceptors (Lipinski definition) is 5. The van der Waals surface area contributed by atoms with Crippen molar-refractivity contribution >= 4 is 17.4 Å². The van der Waals surface area contributed by atoms with Crippen LogP contribution in [0, 0.1) is 17.7 Å². The highest BCUT2D eigenvalue weighted by molar-refractivity contribution is 6.30. The molecule has 2 bridgehead atoms. The van der Waals surface area contributed by atoms with Crippen LogP contribution in [-0.4, -0.2) is 22.4 Å². The number of aromatic nitrogens is 1. The largest absolute Gasteiger partial charge is 0.263 e. The van der Waals surface area contributed by atoms with E-state index in [9.17, 15) is 4.39 Å². The van der Waals surface area contributed by atoms with Crippen LogP contribution in [0.2, 0.25) is 5.02 Å². The average Bonchev–Trinajstić information content (AvgIpc) is 2.86. The van der Waals surface area contributed by atoms with E-state index in [1.165, 1.54) is 43.2 Å². The first kappa shape index (κ1) is 13.7. The molecule has 1 aromatic heterocycles. The zero-order valence-corrected chi connectivity index (χ0v) is 12.4. The van der Waals surface area contributed by atoms with Crippen LogP contribution in [0.4, 0.5) is 10.2 Å². The normalized spacial score (nSPS) is 35.5. The summed E-state index contributed by atoms with van der Waals surface area (Å²) in [5.74, 6) is 0.955. The summed E-state index contributed by atoms with van der Waals surface area (Å²) in [7, 11) is 0. The molecule has 2 heterocycles. The minimum Gasteiger partial charge on any atom is -0.263 e. The van der Waals surface area contributed by atoms with Gasteiger partial charge in [0.1, 0.15) is 5.60 Å². The molecule has 2 N–H and O–H groups in total. The van der Waals surface area contributed by atoms with E-state index in [1.54, 1.807) is 0 Å². The summed E-state index contributed by atoms with van der Waals surface area (Å²) >= 11 is 5.70. The fourth-order valence-corrected chi connectivity index (χ4v) is 4.13. The highest BCUT2D eigenvalue weighted by Crippen LogP contribution is 2.50. The van der Waals surface area contributed by atoms with Crippen LogP contribution >= 0.6 is 11.6 Å². The molecule has 3 aliphatic carbocycles. The van der Waals surface area contributed by atoms with Gasteiger partial charge in [0, 0.05) is 12.7 Å². The Morgan fingerprint density at radius 2 is 2.24 bits per heavy atom. The minimum atomic E-state index is -0.501. The van der Waals surface area contributed by atoms with Gasteiger partial charge in [-0.2, -0.15) is 0 Å². The third-order valence-corrected chi connectivity index (χ3v) is 5.24. The zero-order valence-electron chi connectivity index (χ0n) is 11.6. The van der Waals surface area contributed by atoms with Gasteiger partial charge in [0.25, 0.3) is 0 Å². The van der Waals surface area contributed by atoms with E-state index >= 15 is 0 Å². The van der Waals surface area contributed by atoms with Gasteiger partial charge in [0.15, 0.2) is 11.6 Å². The summed E-state index contributed by atoms with van der Waals surface area (Å²) in [6.07, 6.45) is 7.58. The van der Waals surface area contributed by atoms with E-state index < -0.39 is 5.82 Å². The Kier molecular flexibility index (Phi) is 3.29. The molecule has 1 spiro atoms. The molecule has 4 fully saturated rings. The lowest BCUT2D eigenvalue weighted by atomic mass is 9.62. The number of hydrogen-bond donors (Lipinski definition) is 2. The van der Waals surface area contributed by atoms with Crippen molar-refractivity contribution in [1.29, 1.82) is 0 Å². The van der Waals surface area contributed by atoms with E-state index in [2.05, 4.69) is 15.8 Å². The molecule has 1 aliphatic heterocycles. The standard InChI is InChI=1S/C14H18ClFN4O/c15-11-5-12(16)13(17-7-11)19-20-18-8-14(21-20)6-9-1-3-10(14)4-2-9/h5,7,9-10,18H,1-4,6,8H2,(H,17,19)/t9?,10?,14-/m0/s1. The van der Waals surface area contributed by atoms with Crippen LogP contribution in [0.5, 0.6) is 0 Å². The van der Waals surface area contributed by atoms with E-state index in [1.807, 2.05) is 0 Å². The van der Waals surface area contributed by atoms with Crippen molar-refractivity contribution in [3.8, 4) is 0 Å². The lowest BCUT2D eigenvalue weighted by Gasteiger charge is -2.47. The lowest BCUT2D eigenvalue weighted by molar-refractivity contribution is -0.235. The summed E-state index contributed by atoms with van der Waals surface area (Å²) < 4.78 is 13.8. The van der Waals surface area contributed by atoms with Gasteiger partial charge in [-0.3, -0.25) is 10.3 Å². The topological polar surface area (TPSA) is 49.4 Å². The molecule has 1 saturated heterocycles. The maximum absolute atomic E-state index is 13.8. The first-order chi connectivity index (χ1) is 10.1. The van der Waals surface area contributed by atoms with Gasteiger partial charge in [0.2, 0.25) is 0 Å². The predicted octanol–water partition coefficient (Wildman–Crippen LogP) is 2.90. The Bertz CT molecular complexity index is 552. The average molecular weight is 313 g/mol. The maximum Gasteiger partial charge on any atom is 0.179 e. The molecule has 5 nitrogen and oxygen atoms in total. The van der Waals surface area contributed by atoms with Gasteiger partial charge in [-0.05, 0) is 55.3 Å². The minimum absolute atomic E-state index is 0.102. The number of nitrogens with zero attached hydrogens (tertiary/aromatic N) is 2. The van der Waals surface area contributed by atoms with Crippen LogP contribution in [0.3, 0.4) is 0 Å². The van der Waals surface area contributed by atoms with Crippen molar-refractivity contribution < 1.29 is 9.23 Å². The Labute approximate surface area is 127 Å². The summed E-state index contributed by atoms with van der Waals surface area (Å²) in [6, 6.07) is 1.23. The van der Waals surface area contributed by atoms with Gasteiger partial charge in [-0.25, -0.2) is 14.8 Å². The van der Waals surface area contributed by atoms with Gasteiger partial charge in [0.05, 0.1) is 5.02 Å². The van der Waals surface area contributed by atoms with Crippen molar-refractivity contribution in [1.82, 2.24) is 15.7 Å². The van der Waals surface area contributed by atoms with Crippen molar-refractivity contribution in [2.75, 3.05) is 12.0 Å². The van der Waals surface area contributed by atoms with Gasteiger partial charge in [-0.1, -0.05) is 11.6 Å². The summed E-state index contributed by atoms with van der Waals surface area (Å²) in [5.41, 5.74) is 5.83. The molecule has 0 aromatic carbocycles. The first-order valence-corrected chi connectivity index (χ1v) is 7.83. The zero-order chi connectivity index (χ0) is 14.4. The molecule has 114 valence electrons. The van der Waals surface area contributed by atoms with E-state index in [0.717, 1.165) is 18.9 Å². The third-order valence-electron chi connectivity index (χ3n) is 5.04. The molecule has 21 heavy (non-hydrogen) atoms. The number of nitrogens with one attached hydrogen (secondary N) is 2. The second-order valence-corrected chi connectivity index (χ2v) is 6.74. The molecular formula is C14H18ClFN4O. The van der Waals surface area contributed by atoms with Gasteiger partial charge >= 0.3 is 0 Å². The third kappa shape index (κ3) is 2.40. The SMILES string of the molecule is Fc1cc(Cl)cnc1NN1NC[C@]2(CC3CCC2CC3)O1. The molecule has 1 aromatic rings. The van der Waals surface area contributed by atoms with E-state index in [-0.39, 0.29) is 16.4 Å². The number of hydrazine groups is 2. The van der Waals surface area contributed by atoms with Crippen LogP contribution in [-0.2, 0) is 4.84 Å². The summed E-state index contributed by atoms with van der Waals surface area (Å²) in [6.45, 7) is 0.760. The Hall–Kier alpha value is -0.950. The van der Waals surface area contributed by atoms with Crippen molar-refractivity contribution in [3.63, 3.8) is 0 Å². The Morgan fingerprint density at radius 3 is 2.90 bits per heavy atom. The van der Waals surface area contributed by atoms with E-state index in [0.29, 0.717) is 5.92 Å². The fourth-order valence-electron chi connectivity index (χ4n) is 3.98. The number of pyridine rings is 1. The molecule has 5 rings (SSSR count). The highest BCUT2D eigenvalue weighted by atomic mass is 35.5. The molecule has 7 heteroatoms. The summed E-state index contributed by atoms with van der Waals surface area (Å²) in [5, 5.41) is 1.68. The van der Waals surface area contributed by atoms with Crippen LogP contribution in [0.15, 0.2) is 12.3 Å². The predicted molar refractivity (Wildman–Crippen MR) is 76.6 cm³/mol. The Morgan fingerprint density at radius 1 is 1.43 bits per heavy atom. The number of anilines is 1. The van der Waals surface area contributed by atoms with Crippen molar-refractivity contribution in [2.24, 2.45) is 11.8 Å². The molecule has 0 unspecified atom stereocenters. The number of fused-ring (bicyclic) bond motifs is 2. The van der Waals surface area contributed by atoms with E-state index in [4.69, 9.17) is 16.4 Å². The fraction of sp³-hybridized carbons (Fsp3) is 0.643. The monoisotopic (exact) mass is 312 g/mol. The van der Waals surface area contributed by atoms with Crippen LogP contribution in [0.25, 0.3) is 0 Å². The lowest BCUT2D eigenvalue weighted by Crippen LogP contribution is -2.50. The van der Waals surface area contributed by atoms with Crippen LogP contribution < -0.4 is 10.9 Å². The molecule has 0 amide bonds. The maximum atomic E-state index is 13.8. The molecular weight excluding hydrogens is 295 g/mol. The number of halogens is 2. The summed E-state index contributed by atoms with van der Waals surface area (Å²) in [4.78, 5) is 10.0. The Balaban J connectivity index is 1.47. The van der Waals surface area contributed by atoms with Crippen molar-refractivity contribution in [3.05, 3.63) is 23.1 Å². The van der Waals surface area contributed by atoms with Crippen LogP contribution in [0.1, 0.15) is 32.1 Å². The van der Waals surface area contributed by atoms with Gasteiger partial charge < -0.3 is 0 Å². The molecule has 1 atom stereocenters. The van der Waals surface area contributed by atoms with Gasteiger partial charge in [-0.15, -0.1) is 0 Å². The quantitative estimate of drug-likeness (QED) is 0.879. The second-order valence-electron chi connectivity index (χ2n) is 6.30. The first-order valence-electron chi connectivity index (χ1n) is 7.45. The highest BCUT2D eigenvalue weighted by Gasteiger charge is 2.52.